The molecule has 0 radical (unpaired) electrons. The molecule has 0 saturated heterocycles. The lowest BCUT2D eigenvalue weighted by Crippen LogP contribution is -2.08. The van der Waals surface area contributed by atoms with Crippen molar-refractivity contribution in [3.05, 3.63) is 40.6 Å². The molecule has 1 heterocycles. The zero-order valence-corrected chi connectivity index (χ0v) is 12.3. The fraction of sp³-hybridized carbons (Fsp3) is 0.0625. The van der Waals surface area contributed by atoms with E-state index >= 15 is 0 Å². The molecule has 3 rings (SSSR count). The number of fused-ring (bicyclic) bond motifs is 1. The van der Waals surface area contributed by atoms with Gasteiger partial charge in [-0.1, -0.05) is 0 Å². The first kappa shape index (κ1) is 15.5. The van der Waals surface area contributed by atoms with Crippen molar-refractivity contribution >= 4 is 11.0 Å². The van der Waals surface area contributed by atoms with Crippen molar-refractivity contribution in [3.63, 3.8) is 0 Å². The Morgan fingerprint density at radius 2 is 1.75 bits per heavy atom. The van der Waals surface area contributed by atoms with E-state index in [1.165, 1.54) is 31.4 Å². The average molecular weight is 332 g/mol. The summed E-state index contributed by atoms with van der Waals surface area (Å²) in [7, 11) is 1.25. The zero-order chi connectivity index (χ0) is 17.4. The van der Waals surface area contributed by atoms with Gasteiger partial charge in [0.05, 0.1) is 7.11 Å². The van der Waals surface area contributed by atoms with Gasteiger partial charge in [0.1, 0.15) is 16.7 Å². The van der Waals surface area contributed by atoms with E-state index in [9.17, 15) is 20.1 Å². The number of hydrogen-bond acceptors (Lipinski definition) is 8. The van der Waals surface area contributed by atoms with Gasteiger partial charge >= 0.3 is 0 Å². The van der Waals surface area contributed by atoms with Crippen LogP contribution in [0.5, 0.6) is 28.7 Å². The van der Waals surface area contributed by atoms with Crippen LogP contribution in [0.15, 0.2) is 39.5 Å². The summed E-state index contributed by atoms with van der Waals surface area (Å²) in [5.74, 6) is -1.56. The number of hydrogen-bond donors (Lipinski definition) is 4. The molecule has 0 fully saturated rings. The fourth-order valence-corrected chi connectivity index (χ4v) is 2.35. The molecule has 0 aliphatic carbocycles. The molecule has 0 bridgehead atoms. The van der Waals surface area contributed by atoms with E-state index in [1.807, 2.05) is 0 Å². The molecule has 8 heteroatoms. The summed E-state index contributed by atoms with van der Waals surface area (Å²) in [6.07, 6.45) is 0. The first-order chi connectivity index (χ1) is 11.5. The van der Waals surface area contributed by atoms with Crippen molar-refractivity contribution in [2.24, 2.45) is 0 Å². The molecular formula is C16H12O8. The highest BCUT2D eigenvalue weighted by Gasteiger charge is 2.21. The summed E-state index contributed by atoms with van der Waals surface area (Å²) >= 11 is 0. The van der Waals surface area contributed by atoms with Gasteiger partial charge in [-0.25, -0.2) is 5.26 Å². The van der Waals surface area contributed by atoms with Crippen LogP contribution in [0.3, 0.4) is 0 Å². The van der Waals surface area contributed by atoms with Gasteiger partial charge in [-0.15, -0.1) is 0 Å². The molecule has 1 aromatic heterocycles. The Morgan fingerprint density at radius 3 is 2.38 bits per heavy atom. The molecule has 24 heavy (non-hydrogen) atoms. The van der Waals surface area contributed by atoms with Crippen LogP contribution >= 0.6 is 0 Å². The van der Waals surface area contributed by atoms with E-state index in [2.05, 4.69) is 4.89 Å². The Bertz CT molecular complexity index is 990. The summed E-state index contributed by atoms with van der Waals surface area (Å²) in [6.45, 7) is 0. The predicted molar refractivity (Wildman–Crippen MR) is 82.7 cm³/mol. The van der Waals surface area contributed by atoms with Crippen molar-refractivity contribution in [1.82, 2.24) is 0 Å². The Hall–Kier alpha value is -3.39. The van der Waals surface area contributed by atoms with Gasteiger partial charge in [-0.2, -0.15) is 0 Å². The molecule has 3 aromatic rings. The van der Waals surface area contributed by atoms with Crippen LogP contribution in [-0.4, -0.2) is 27.7 Å². The summed E-state index contributed by atoms with van der Waals surface area (Å²) in [5.41, 5.74) is -0.452. The maximum atomic E-state index is 12.6. The maximum Gasteiger partial charge on any atom is 0.239 e. The minimum absolute atomic E-state index is 0.0280. The number of rotatable bonds is 3. The molecule has 2 aromatic carbocycles. The minimum Gasteiger partial charge on any atom is -0.507 e. The number of ether oxygens (including phenoxy) is 1. The third-order valence-corrected chi connectivity index (χ3v) is 3.45. The minimum atomic E-state index is -0.650. The second kappa shape index (κ2) is 5.67. The van der Waals surface area contributed by atoms with E-state index in [1.54, 1.807) is 0 Å². The largest absolute Gasteiger partial charge is 0.507 e. The van der Waals surface area contributed by atoms with Crippen LogP contribution < -0.4 is 15.1 Å². The molecule has 0 aliphatic rings. The van der Waals surface area contributed by atoms with Crippen molar-refractivity contribution in [3.8, 4) is 40.1 Å². The molecule has 0 amide bonds. The number of phenolic OH excluding ortho intramolecular Hbond substituents is 3. The monoisotopic (exact) mass is 332 g/mol. The highest BCUT2D eigenvalue weighted by molar-refractivity contribution is 5.88. The smallest absolute Gasteiger partial charge is 0.239 e. The van der Waals surface area contributed by atoms with Crippen molar-refractivity contribution in [2.45, 2.75) is 0 Å². The van der Waals surface area contributed by atoms with Gasteiger partial charge < -0.3 is 29.4 Å². The quantitative estimate of drug-likeness (QED) is 0.327. The van der Waals surface area contributed by atoms with Gasteiger partial charge in [0.15, 0.2) is 23.0 Å². The zero-order valence-electron chi connectivity index (χ0n) is 12.3. The molecule has 0 unspecified atom stereocenters. The van der Waals surface area contributed by atoms with E-state index in [4.69, 9.17) is 14.4 Å². The lowest BCUT2D eigenvalue weighted by molar-refractivity contribution is -0.137. The molecule has 0 spiro atoms. The Labute approximate surface area is 134 Å². The third-order valence-electron chi connectivity index (χ3n) is 3.45. The highest BCUT2D eigenvalue weighted by atomic mass is 17.1. The molecule has 4 N–H and O–H groups in total. The predicted octanol–water partition coefficient (Wildman–Crippen LogP) is 2.44. The Balaban J connectivity index is 2.39. The van der Waals surface area contributed by atoms with Crippen LogP contribution in [-0.2, 0) is 0 Å². The van der Waals surface area contributed by atoms with E-state index in [0.717, 1.165) is 6.07 Å². The SMILES string of the molecule is COc1c(-c2ccc(O)c(O)c2)oc2cc(OO)cc(O)c2c1=O. The molecule has 0 atom stereocenters. The van der Waals surface area contributed by atoms with Gasteiger partial charge in [0.25, 0.3) is 0 Å². The number of aromatic hydroxyl groups is 3. The van der Waals surface area contributed by atoms with Gasteiger partial charge in [-0.3, -0.25) is 4.79 Å². The maximum absolute atomic E-state index is 12.6. The molecular weight excluding hydrogens is 320 g/mol. The fourth-order valence-electron chi connectivity index (χ4n) is 2.35. The molecule has 0 aliphatic heterocycles. The van der Waals surface area contributed by atoms with Crippen molar-refractivity contribution in [2.75, 3.05) is 7.11 Å². The van der Waals surface area contributed by atoms with Crippen LogP contribution in [0.25, 0.3) is 22.3 Å². The second-order valence-corrected chi connectivity index (χ2v) is 4.90. The van der Waals surface area contributed by atoms with Crippen LogP contribution in [0, 0.1) is 0 Å². The number of benzene rings is 2. The standard InChI is InChI=1S/C16H12O8/c1-22-16-14(20)13-11(19)5-8(24-21)6-12(13)23-15(16)7-2-3-9(17)10(18)4-7/h2-6,17-19,21H,1H3. The summed E-state index contributed by atoms with van der Waals surface area (Å²) in [6, 6.07) is 6.07. The summed E-state index contributed by atoms with van der Waals surface area (Å²) in [4.78, 5) is 16.6. The number of phenols is 3. The van der Waals surface area contributed by atoms with Crippen LogP contribution in [0.1, 0.15) is 0 Å². The summed E-state index contributed by atoms with van der Waals surface area (Å²) < 4.78 is 10.7. The van der Waals surface area contributed by atoms with Crippen molar-refractivity contribution < 1.29 is 34.6 Å². The number of methoxy groups -OCH3 is 1. The lowest BCUT2D eigenvalue weighted by atomic mass is 10.1. The topological polar surface area (TPSA) is 130 Å². The molecule has 124 valence electrons. The van der Waals surface area contributed by atoms with Crippen molar-refractivity contribution in [1.29, 1.82) is 0 Å². The molecule has 8 nitrogen and oxygen atoms in total. The first-order valence-electron chi connectivity index (χ1n) is 6.67. The Kier molecular flexibility index (Phi) is 3.66. The Morgan fingerprint density at radius 1 is 1.00 bits per heavy atom. The van der Waals surface area contributed by atoms with Gasteiger partial charge in [0.2, 0.25) is 11.2 Å². The van der Waals surface area contributed by atoms with Gasteiger partial charge in [-0.05, 0) is 18.2 Å². The summed E-state index contributed by atoms with van der Waals surface area (Å²) in [5, 5.41) is 37.5. The second-order valence-electron chi connectivity index (χ2n) is 4.90. The van der Waals surface area contributed by atoms with Crippen LogP contribution in [0.4, 0.5) is 0 Å². The van der Waals surface area contributed by atoms with E-state index < -0.39 is 16.9 Å². The normalized spacial score (nSPS) is 10.8. The van der Waals surface area contributed by atoms with E-state index in [0.29, 0.717) is 0 Å². The highest BCUT2D eigenvalue weighted by Crippen LogP contribution is 2.38. The lowest BCUT2D eigenvalue weighted by Gasteiger charge is -2.11. The van der Waals surface area contributed by atoms with Crippen LogP contribution in [0.2, 0.25) is 0 Å². The molecule has 0 saturated carbocycles. The average Bonchev–Trinajstić information content (AvgIpc) is 2.56. The van der Waals surface area contributed by atoms with E-state index in [-0.39, 0.29) is 39.5 Å². The first-order valence-corrected chi connectivity index (χ1v) is 6.67. The van der Waals surface area contributed by atoms with Gasteiger partial charge in [0, 0.05) is 17.7 Å². The third kappa shape index (κ3) is 2.34.